The Balaban J connectivity index is 2.03. The number of nitrogens with zero attached hydrogens (tertiary/aromatic N) is 1. The van der Waals surface area contributed by atoms with Crippen LogP contribution in [0.2, 0.25) is 0 Å². The quantitative estimate of drug-likeness (QED) is 0.923. The van der Waals surface area contributed by atoms with Crippen LogP contribution >= 0.6 is 27.3 Å². The van der Waals surface area contributed by atoms with Crippen LogP contribution < -0.4 is 5.32 Å². The van der Waals surface area contributed by atoms with Gasteiger partial charge in [0.1, 0.15) is 5.01 Å². The maximum atomic E-state index is 12.1. The summed E-state index contributed by atoms with van der Waals surface area (Å²) in [7, 11) is 0. The van der Waals surface area contributed by atoms with E-state index in [0.29, 0.717) is 12.1 Å². The monoisotopic (exact) mass is 338 g/mol. The van der Waals surface area contributed by atoms with E-state index in [9.17, 15) is 4.79 Å². The normalized spacial score (nSPS) is 10.5. The molecular weight excluding hydrogens is 324 g/mol. The highest BCUT2D eigenvalue weighted by atomic mass is 79.9. The van der Waals surface area contributed by atoms with Gasteiger partial charge in [-0.15, -0.1) is 11.3 Å². The molecule has 3 nitrogen and oxygen atoms in total. The van der Waals surface area contributed by atoms with Gasteiger partial charge >= 0.3 is 0 Å². The van der Waals surface area contributed by atoms with E-state index in [1.54, 1.807) is 11.3 Å². The summed E-state index contributed by atoms with van der Waals surface area (Å²) >= 11 is 5.08. The molecule has 1 amide bonds. The Morgan fingerprint density at radius 3 is 2.95 bits per heavy atom. The highest BCUT2D eigenvalue weighted by molar-refractivity contribution is 9.10. The minimum atomic E-state index is -0.0629. The Labute approximate surface area is 125 Å². The van der Waals surface area contributed by atoms with Crippen LogP contribution in [0.5, 0.6) is 0 Å². The zero-order valence-corrected chi connectivity index (χ0v) is 13.3. The lowest BCUT2D eigenvalue weighted by atomic mass is 10.1. The van der Waals surface area contributed by atoms with Gasteiger partial charge in [-0.25, -0.2) is 4.98 Å². The molecule has 2 aromatic rings. The van der Waals surface area contributed by atoms with Crippen molar-refractivity contribution in [3.63, 3.8) is 0 Å². The zero-order chi connectivity index (χ0) is 13.8. The maximum absolute atomic E-state index is 12.1. The Morgan fingerprint density at radius 2 is 2.26 bits per heavy atom. The average molecular weight is 339 g/mol. The summed E-state index contributed by atoms with van der Waals surface area (Å²) in [5.74, 6) is -0.0629. The first-order chi connectivity index (χ1) is 9.11. The van der Waals surface area contributed by atoms with Crippen LogP contribution in [0.25, 0.3) is 0 Å². The minimum Gasteiger partial charge on any atom is -0.346 e. The first-order valence-electron chi connectivity index (χ1n) is 6.08. The lowest BCUT2D eigenvalue weighted by Crippen LogP contribution is -2.23. The van der Waals surface area contributed by atoms with Crippen molar-refractivity contribution in [2.24, 2.45) is 0 Å². The van der Waals surface area contributed by atoms with Crippen molar-refractivity contribution >= 4 is 33.2 Å². The third kappa shape index (κ3) is 3.42. The van der Waals surface area contributed by atoms with E-state index in [2.05, 4.69) is 33.2 Å². The van der Waals surface area contributed by atoms with Crippen molar-refractivity contribution in [2.45, 2.75) is 26.8 Å². The molecule has 0 aliphatic rings. The van der Waals surface area contributed by atoms with Crippen LogP contribution in [0.3, 0.4) is 0 Å². The number of rotatable bonds is 4. The summed E-state index contributed by atoms with van der Waals surface area (Å²) in [6.45, 7) is 4.51. The standard InChI is InChI=1S/C14H15BrN2OS/c1-3-10-7-16-13(19-10)8-17-14(18)11-5-4-6-12(15)9(11)2/h4-7H,3,8H2,1-2H3,(H,17,18). The number of carbonyl (C=O) groups is 1. The fraction of sp³-hybridized carbons (Fsp3) is 0.286. The molecule has 1 aromatic carbocycles. The molecule has 2 rings (SSSR count). The van der Waals surface area contributed by atoms with Crippen LogP contribution in [-0.2, 0) is 13.0 Å². The molecule has 0 unspecified atom stereocenters. The molecule has 0 fully saturated rings. The number of hydrogen-bond acceptors (Lipinski definition) is 3. The predicted molar refractivity (Wildman–Crippen MR) is 81.5 cm³/mol. The molecule has 0 aliphatic carbocycles. The van der Waals surface area contributed by atoms with Crippen molar-refractivity contribution in [2.75, 3.05) is 0 Å². The van der Waals surface area contributed by atoms with Gasteiger partial charge in [-0.1, -0.05) is 28.9 Å². The number of benzene rings is 1. The number of thiazole rings is 1. The van der Waals surface area contributed by atoms with Gasteiger partial charge in [-0.2, -0.15) is 0 Å². The fourth-order valence-electron chi connectivity index (χ4n) is 1.70. The lowest BCUT2D eigenvalue weighted by molar-refractivity contribution is 0.0950. The Bertz CT molecular complexity index is 595. The van der Waals surface area contributed by atoms with Gasteiger partial charge < -0.3 is 5.32 Å². The number of aryl methyl sites for hydroxylation is 1. The number of amides is 1. The van der Waals surface area contributed by atoms with Gasteiger partial charge in [0.25, 0.3) is 5.91 Å². The van der Waals surface area contributed by atoms with E-state index in [4.69, 9.17) is 0 Å². The molecule has 0 bridgehead atoms. The van der Waals surface area contributed by atoms with Crippen LogP contribution in [0.1, 0.15) is 32.7 Å². The minimum absolute atomic E-state index is 0.0629. The van der Waals surface area contributed by atoms with Gasteiger partial charge in [-0.05, 0) is 31.0 Å². The van der Waals surface area contributed by atoms with E-state index >= 15 is 0 Å². The number of carbonyl (C=O) groups excluding carboxylic acids is 1. The van der Waals surface area contributed by atoms with Gasteiger partial charge in [0, 0.05) is 21.1 Å². The van der Waals surface area contributed by atoms with E-state index in [1.165, 1.54) is 4.88 Å². The maximum Gasteiger partial charge on any atom is 0.251 e. The zero-order valence-electron chi connectivity index (χ0n) is 10.9. The molecule has 5 heteroatoms. The summed E-state index contributed by atoms with van der Waals surface area (Å²) in [6, 6.07) is 5.62. The molecule has 0 spiro atoms. The molecule has 1 N–H and O–H groups in total. The third-order valence-electron chi connectivity index (χ3n) is 2.86. The fourth-order valence-corrected chi connectivity index (χ4v) is 2.87. The van der Waals surface area contributed by atoms with Gasteiger partial charge in [0.2, 0.25) is 0 Å². The second-order valence-corrected chi connectivity index (χ2v) is 6.22. The van der Waals surface area contributed by atoms with Crippen molar-refractivity contribution in [3.8, 4) is 0 Å². The molecule has 1 aromatic heterocycles. The number of halogens is 1. The molecule has 1 heterocycles. The molecule has 0 radical (unpaired) electrons. The average Bonchev–Trinajstić information content (AvgIpc) is 2.87. The van der Waals surface area contributed by atoms with Crippen molar-refractivity contribution in [1.82, 2.24) is 10.3 Å². The number of hydrogen-bond donors (Lipinski definition) is 1. The molecule has 0 atom stereocenters. The van der Waals surface area contributed by atoms with E-state index < -0.39 is 0 Å². The molecule has 19 heavy (non-hydrogen) atoms. The first kappa shape index (κ1) is 14.2. The molecular formula is C14H15BrN2OS. The van der Waals surface area contributed by atoms with E-state index in [-0.39, 0.29) is 5.91 Å². The van der Waals surface area contributed by atoms with Gasteiger partial charge in [-0.3, -0.25) is 4.79 Å². The third-order valence-corrected chi connectivity index (χ3v) is 4.86. The smallest absolute Gasteiger partial charge is 0.251 e. The highest BCUT2D eigenvalue weighted by Crippen LogP contribution is 2.19. The van der Waals surface area contributed by atoms with Crippen LogP contribution in [0.4, 0.5) is 0 Å². The summed E-state index contributed by atoms with van der Waals surface area (Å²) < 4.78 is 0.947. The number of aromatic nitrogens is 1. The second kappa shape index (κ2) is 6.30. The molecule has 0 aliphatic heterocycles. The molecule has 100 valence electrons. The van der Waals surface area contributed by atoms with Crippen molar-refractivity contribution < 1.29 is 4.79 Å². The summed E-state index contributed by atoms with van der Waals surface area (Å²) in [6.07, 6.45) is 2.85. The van der Waals surface area contributed by atoms with Crippen molar-refractivity contribution in [3.05, 3.63) is 49.9 Å². The highest BCUT2D eigenvalue weighted by Gasteiger charge is 2.11. The molecule has 0 saturated carbocycles. The largest absolute Gasteiger partial charge is 0.346 e. The summed E-state index contributed by atoms with van der Waals surface area (Å²) in [5, 5.41) is 3.85. The number of nitrogens with one attached hydrogen (secondary N) is 1. The second-order valence-electron chi connectivity index (χ2n) is 4.17. The molecule has 0 saturated heterocycles. The van der Waals surface area contributed by atoms with E-state index in [0.717, 1.165) is 21.5 Å². The van der Waals surface area contributed by atoms with Crippen LogP contribution in [0.15, 0.2) is 28.9 Å². The van der Waals surface area contributed by atoms with Crippen LogP contribution in [-0.4, -0.2) is 10.9 Å². The first-order valence-corrected chi connectivity index (χ1v) is 7.69. The SMILES string of the molecule is CCc1cnc(CNC(=O)c2cccc(Br)c2C)s1. The summed E-state index contributed by atoms with van der Waals surface area (Å²) in [5.41, 5.74) is 1.65. The van der Waals surface area contributed by atoms with E-state index in [1.807, 2.05) is 31.3 Å². The van der Waals surface area contributed by atoms with Crippen molar-refractivity contribution in [1.29, 1.82) is 0 Å². The topological polar surface area (TPSA) is 42.0 Å². The Kier molecular flexibility index (Phi) is 4.71. The predicted octanol–water partition coefficient (Wildman–Crippen LogP) is 3.71. The lowest BCUT2D eigenvalue weighted by Gasteiger charge is -2.07. The Hall–Kier alpha value is -1.20. The Morgan fingerprint density at radius 1 is 1.47 bits per heavy atom. The van der Waals surface area contributed by atoms with Crippen LogP contribution in [0, 0.1) is 6.92 Å². The van der Waals surface area contributed by atoms with Gasteiger partial charge in [0.15, 0.2) is 0 Å². The summed E-state index contributed by atoms with van der Waals surface area (Å²) in [4.78, 5) is 17.6. The van der Waals surface area contributed by atoms with Gasteiger partial charge in [0.05, 0.1) is 6.54 Å².